The minimum Gasteiger partial charge on any atom is -0.437 e. The van der Waals surface area contributed by atoms with Gasteiger partial charge in [0, 0.05) is 32.3 Å². The van der Waals surface area contributed by atoms with E-state index in [1.165, 1.54) is 0 Å². The molecule has 1 saturated heterocycles. The van der Waals surface area contributed by atoms with Gasteiger partial charge in [-0.1, -0.05) is 12.1 Å². The van der Waals surface area contributed by atoms with Crippen molar-refractivity contribution >= 4 is 23.1 Å². The molecule has 0 radical (unpaired) electrons. The van der Waals surface area contributed by atoms with E-state index in [9.17, 15) is 15.2 Å². The zero-order valence-corrected chi connectivity index (χ0v) is 17.0. The largest absolute Gasteiger partial charge is 0.437 e. The first kappa shape index (κ1) is 20.6. The van der Waals surface area contributed by atoms with Crippen LogP contribution in [0.4, 0.5) is 11.6 Å². The Morgan fingerprint density at radius 1 is 1.32 bits per heavy atom. The van der Waals surface area contributed by atoms with E-state index in [1.807, 2.05) is 29.2 Å². The topological polar surface area (TPSA) is 123 Å². The maximum atomic E-state index is 12.3. The Kier molecular flexibility index (Phi) is 6.29. The molecule has 2 aliphatic rings. The number of nitrogens with one attached hydrogen (secondary N) is 2. The monoisotopic (exact) mass is 420 g/mol. The third-order valence-corrected chi connectivity index (χ3v) is 5.27. The van der Waals surface area contributed by atoms with Crippen LogP contribution in [-0.2, 0) is 4.79 Å². The Morgan fingerprint density at radius 2 is 2.13 bits per heavy atom. The maximum Gasteiger partial charge on any atom is 0.223 e. The fourth-order valence-electron chi connectivity index (χ4n) is 3.55. The number of allylic oxidation sites excluding steroid dienone is 1. The van der Waals surface area contributed by atoms with Crippen LogP contribution in [0.1, 0.15) is 31.4 Å². The average Bonchev–Trinajstić information content (AvgIpc) is 3.21. The predicted octanol–water partition coefficient (Wildman–Crippen LogP) is 2.35. The van der Waals surface area contributed by atoms with Gasteiger partial charge >= 0.3 is 0 Å². The summed E-state index contributed by atoms with van der Waals surface area (Å²) in [5, 5.41) is 25.4. The highest BCUT2D eigenvalue weighted by molar-refractivity contribution is 5.81. The van der Waals surface area contributed by atoms with Gasteiger partial charge in [0.15, 0.2) is 5.75 Å². The second kappa shape index (κ2) is 9.45. The van der Waals surface area contributed by atoms with E-state index in [1.54, 1.807) is 12.3 Å². The van der Waals surface area contributed by atoms with Crippen LogP contribution in [-0.4, -0.2) is 51.6 Å². The van der Waals surface area contributed by atoms with Gasteiger partial charge in [-0.2, -0.15) is 5.26 Å². The molecule has 0 saturated carbocycles. The zero-order valence-electron chi connectivity index (χ0n) is 17.0. The maximum absolute atomic E-state index is 12.3. The van der Waals surface area contributed by atoms with Gasteiger partial charge in [0.2, 0.25) is 17.7 Å². The number of para-hydroxylation sites is 2. The van der Waals surface area contributed by atoms with Crippen molar-refractivity contribution < 1.29 is 14.6 Å². The number of piperidine rings is 1. The summed E-state index contributed by atoms with van der Waals surface area (Å²) in [4.78, 5) is 22.7. The van der Waals surface area contributed by atoms with Gasteiger partial charge in [-0.15, -0.1) is 0 Å². The Morgan fingerprint density at radius 3 is 2.90 bits per heavy atom. The number of aromatic nitrogens is 2. The summed E-state index contributed by atoms with van der Waals surface area (Å²) in [5.74, 6) is 1.48. The van der Waals surface area contributed by atoms with Crippen LogP contribution >= 0.6 is 0 Å². The summed E-state index contributed by atoms with van der Waals surface area (Å²) in [6.45, 7) is 1.76. The second-order valence-electron chi connectivity index (χ2n) is 7.45. The van der Waals surface area contributed by atoms with Gasteiger partial charge in [-0.25, -0.2) is 9.97 Å². The Labute approximate surface area is 180 Å². The number of hydrogen-bond acceptors (Lipinski definition) is 8. The first-order chi connectivity index (χ1) is 15.1. The van der Waals surface area contributed by atoms with Crippen LogP contribution in [0.3, 0.4) is 0 Å². The molecule has 4 rings (SSSR count). The van der Waals surface area contributed by atoms with Crippen molar-refractivity contribution in [2.45, 2.75) is 31.8 Å². The van der Waals surface area contributed by atoms with E-state index in [0.717, 1.165) is 5.69 Å². The molecule has 1 aromatic heterocycles. The number of aliphatic hydroxyl groups excluding tert-OH is 1. The number of anilines is 2. The normalized spacial score (nSPS) is 17.2. The molecule has 1 aromatic carbocycles. The number of rotatable bonds is 6. The van der Waals surface area contributed by atoms with Crippen molar-refractivity contribution in [2.75, 3.05) is 30.3 Å². The number of fused-ring (bicyclic) bond motifs is 1. The van der Waals surface area contributed by atoms with Gasteiger partial charge in [-0.05, 0) is 37.5 Å². The summed E-state index contributed by atoms with van der Waals surface area (Å²) >= 11 is 0. The molecule has 0 spiro atoms. The Bertz CT molecular complexity index is 997. The van der Waals surface area contributed by atoms with E-state index >= 15 is 0 Å². The van der Waals surface area contributed by atoms with Gasteiger partial charge in [0.05, 0.1) is 17.5 Å². The molecule has 2 aromatic rings. The summed E-state index contributed by atoms with van der Waals surface area (Å²) in [6.07, 6.45) is 3.64. The van der Waals surface area contributed by atoms with E-state index in [0.29, 0.717) is 68.6 Å². The van der Waals surface area contributed by atoms with Crippen LogP contribution in [0.5, 0.6) is 5.75 Å². The lowest BCUT2D eigenvalue weighted by atomic mass is 10.1. The highest BCUT2D eigenvalue weighted by Crippen LogP contribution is 2.35. The number of hydrogen-bond donors (Lipinski definition) is 3. The van der Waals surface area contributed by atoms with Crippen molar-refractivity contribution in [2.24, 2.45) is 0 Å². The number of ether oxygens (including phenoxy) is 1. The fourth-order valence-corrected chi connectivity index (χ4v) is 3.55. The van der Waals surface area contributed by atoms with Crippen LogP contribution in [0.25, 0.3) is 5.57 Å². The molecule has 9 nitrogen and oxygen atoms in total. The van der Waals surface area contributed by atoms with E-state index in [-0.39, 0.29) is 17.6 Å². The number of nitriles is 1. The third-order valence-electron chi connectivity index (χ3n) is 5.27. The first-order valence-electron chi connectivity index (χ1n) is 10.4. The third kappa shape index (κ3) is 4.92. The standard InChI is InChI=1S/C22H24N6O3/c23-14-16(21-26-18-4-1-2-5-19(18)31-21)17-7-11-25-22(27-17)24-10-3-6-20(30)28-12-8-15(29)9-13-28/h1-2,4-5,7,11,15,26,29H,3,6,8-10,12-13H2,(H,24,25,27)/b21-16+. The number of amides is 1. The zero-order chi connectivity index (χ0) is 21.6. The number of aliphatic hydroxyl groups is 1. The van der Waals surface area contributed by atoms with Crippen molar-refractivity contribution in [1.29, 1.82) is 5.26 Å². The molecule has 0 unspecified atom stereocenters. The minimum absolute atomic E-state index is 0.101. The number of nitrogens with zero attached hydrogens (tertiary/aromatic N) is 4. The lowest BCUT2D eigenvalue weighted by Gasteiger charge is -2.29. The molecule has 2 aliphatic heterocycles. The van der Waals surface area contributed by atoms with E-state index < -0.39 is 0 Å². The van der Waals surface area contributed by atoms with Crippen LogP contribution < -0.4 is 15.4 Å². The predicted molar refractivity (Wildman–Crippen MR) is 115 cm³/mol. The summed E-state index contributed by atoms with van der Waals surface area (Å²) in [6, 6.07) is 11.2. The number of benzene rings is 1. The molecular formula is C22H24N6O3. The average molecular weight is 420 g/mol. The van der Waals surface area contributed by atoms with Crippen molar-refractivity contribution in [1.82, 2.24) is 14.9 Å². The number of likely N-dealkylation sites (tertiary alicyclic amines) is 1. The molecule has 31 heavy (non-hydrogen) atoms. The van der Waals surface area contributed by atoms with Gasteiger partial charge in [0.1, 0.15) is 11.6 Å². The SMILES string of the molecule is N#C/C(=C1/Nc2ccccc2O1)c1ccnc(NCCCC(=O)N2CCC(O)CC2)n1. The molecule has 0 bridgehead atoms. The first-order valence-corrected chi connectivity index (χ1v) is 10.4. The molecule has 0 atom stereocenters. The molecular weight excluding hydrogens is 396 g/mol. The molecule has 9 heteroatoms. The lowest BCUT2D eigenvalue weighted by molar-refractivity contribution is -0.133. The number of carbonyl (C=O) groups excluding carboxylic acids is 1. The van der Waals surface area contributed by atoms with Gasteiger partial charge < -0.3 is 25.4 Å². The summed E-state index contributed by atoms with van der Waals surface area (Å²) in [7, 11) is 0. The summed E-state index contributed by atoms with van der Waals surface area (Å²) in [5.41, 5.74) is 1.52. The van der Waals surface area contributed by atoms with Gasteiger partial charge in [-0.3, -0.25) is 4.79 Å². The van der Waals surface area contributed by atoms with Crippen LogP contribution in [0, 0.1) is 11.3 Å². The Hall–Kier alpha value is -3.64. The molecule has 160 valence electrons. The smallest absolute Gasteiger partial charge is 0.223 e. The molecule has 3 heterocycles. The summed E-state index contributed by atoms with van der Waals surface area (Å²) < 4.78 is 5.75. The quantitative estimate of drug-likeness (QED) is 0.481. The van der Waals surface area contributed by atoms with E-state index in [4.69, 9.17) is 4.74 Å². The van der Waals surface area contributed by atoms with Crippen molar-refractivity contribution in [3.05, 3.63) is 48.1 Å². The lowest BCUT2D eigenvalue weighted by Crippen LogP contribution is -2.40. The van der Waals surface area contributed by atoms with Crippen LogP contribution in [0.15, 0.2) is 42.4 Å². The highest BCUT2D eigenvalue weighted by Gasteiger charge is 2.22. The molecule has 1 amide bonds. The van der Waals surface area contributed by atoms with Gasteiger partial charge in [0.25, 0.3) is 0 Å². The van der Waals surface area contributed by atoms with Crippen LogP contribution in [0.2, 0.25) is 0 Å². The molecule has 1 fully saturated rings. The minimum atomic E-state index is -0.289. The highest BCUT2D eigenvalue weighted by atomic mass is 16.5. The fraction of sp³-hybridized carbons (Fsp3) is 0.364. The molecule has 3 N–H and O–H groups in total. The second-order valence-corrected chi connectivity index (χ2v) is 7.45. The number of carbonyl (C=O) groups is 1. The molecule has 0 aliphatic carbocycles. The van der Waals surface area contributed by atoms with Crippen molar-refractivity contribution in [3.63, 3.8) is 0 Å². The Balaban J connectivity index is 1.33. The van der Waals surface area contributed by atoms with Crippen molar-refractivity contribution in [3.8, 4) is 11.8 Å². The van der Waals surface area contributed by atoms with E-state index in [2.05, 4.69) is 26.7 Å².